The van der Waals surface area contributed by atoms with Gasteiger partial charge in [0.1, 0.15) is 0 Å². The number of rotatable bonds is 9. The number of hydrogen-bond donors (Lipinski definition) is 3. The van der Waals surface area contributed by atoms with E-state index in [9.17, 15) is 9.59 Å². The molecule has 0 heterocycles. The molecule has 0 aliphatic carbocycles. The number of hydrogen-bond acceptors (Lipinski definition) is 5. The first-order valence-electron chi connectivity index (χ1n) is 9.15. The van der Waals surface area contributed by atoms with Crippen LogP contribution in [-0.4, -0.2) is 38.6 Å². The summed E-state index contributed by atoms with van der Waals surface area (Å²) in [4.78, 5) is 24.9. The molecule has 0 unspecified atom stereocenters. The molecule has 8 heteroatoms. The quantitative estimate of drug-likeness (QED) is 0.577. The Labute approximate surface area is 177 Å². The molecule has 0 aliphatic rings. The second-order valence-corrected chi connectivity index (χ2v) is 6.61. The molecular formula is C21H28ClN3O4. The number of anilines is 1. The minimum Gasteiger partial charge on any atom is -0.493 e. The number of benzene rings is 2. The summed E-state index contributed by atoms with van der Waals surface area (Å²) in [5.74, 6) is 0.773. The van der Waals surface area contributed by atoms with E-state index in [1.165, 1.54) is 7.11 Å². The van der Waals surface area contributed by atoms with E-state index in [1.54, 1.807) is 42.5 Å². The summed E-state index contributed by atoms with van der Waals surface area (Å²) in [6.07, 6.45) is 0. The van der Waals surface area contributed by atoms with Gasteiger partial charge in [-0.05, 0) is 36.2 Å². The number of para-hydroxylation sites is 1. The topological polar surface area (TPSA) is 103 Å². The second-order valence-electron chi connectivity index (χ2n) is 6.61. The fourth-order valence-electron chi connectivity index (χ4n) is 2.45. The number of methoxy groups -OCH3 is 1. The average Bonchev–Trinajstić information content (AvgIpc) is 2.70. The van der Waals surface area contributed by atoms with Crippen molar-refractivity contribution >= 4 is 29.9 Å². The highest BCUT2D eigenvalue weighted by molar-refractivity contribution is 6.09. The first-order chi connectivity index (χ1) is 13.5. The monoisotopic (exact) mass is 421 g/mol. The highest BCUT2D eigenvalue weighted by Gasteiger charge is 2.15. The van der Waals surface area contributed by atoms with Gasteiger partial charge in [-0.1, -0.05) is 26.0 Å². The van der Waals surface area contributed by atoms with Crippen molar-refractivity contribution < 1.29 is 19.1 Å². The predicted octanol–water partition coefficient (Wildman–Crippen LogP) is 3.09. The largest absolute Gasteiger partial charge is 0.493 e. The van der Waals surface area contributed by atoms with E-state index in [1.807, 2.05) is 0 Å². The minimum atomic E-state index is -0.354. The summed E-state index contributed by atoms with van der Waals surface area (Å²) in [7, 11) is 1.52. The first kappa shape index (κ1) is 24.3. The van der Waals surface area contributed by atoms with Crippen LogP contribution in [0.1, 0.15) is 34.6 Å². The zero-order valence-electron chi connectivity index (χ0n) is 16.9. The molecule has 0 atom stereocenters. The number of nitrogens with two attached hydrogens (primary N) is 1. The van der Waals surface area contributed by atoms with E-state index in [2.05, 4.69) is 24.5 Å². The van der Waals surface area contributed by atoms with Gasteiger partial charge in [0.25, 0.3) is 11.8 Å². The van der Waals surface area contributed by atoms with Crippen molar-refractivity contribution in [2.24, 2.45) is 11.7 Å². The van der Waals surface area contributed by atoms with Gasteiger partial charge in [0, 0.05) is 18.7 Å². The Balaban J connectivity index is 0.00000420. The molecule has 29 heavy (non-hydrogen) atoms. The van der Waals surface area contributed by atoms with E-state index in [0.717, 1.165) is 0 Å². The zero-order chi connectivity index (χ0) is 20.5. The van der Waals surface area contributed by atoms with Crippen LogP contribution in [0.4, 0.5) is 5.69 Å². The lowest BCUT2D eigenvalue weighted by molar-refractivity contribution is 0.0955. The summed E-state index contributed by atoms with van der Waals surface area (Å²) >= 11 is 0. The molecule has 0 saturated carbocycles. The lowest BCUT2D eigenvalue weighted by atomic mass is 10.1. The van der Waals surface area contributed by atoms with Crippen LogP contribution in [0.15, 0.2) is 42.5 Å². The van der Waals surface area contributed by atoms with E-state index in [-0.39, 0.29) is 24.2 Å². The third kappa shape index (κ3) is 6.96. The van der Waals surface area contributed by atoms with E-state index in [4.69, 9.17) is 15.2 Å². The highest BCUT2D eigenvalue weighted by Crippen LogP contribution is 2.29. The summed E-state index contributed by atoms with van der Waals surface area (Å²) in [6, 6.07) is 11.8. The molecule has 0 saturated heterocycles. The van der Waals surface area contributed by atoms with Crippen molar-refractivity contribution in [2.45, 2.75) is 13.8 Å². The van der Waals surface area contributed by atoms with Crippen molar-refractivity contribution in [1.29, 1.82) is 0 Å². The molecule has 2 aromatic carbocycles. The van der Waals surface area contributed by atoms with Gasteiger partial charge >= 0.3 is 0 Å². The smallest absolute Gasteiger partial charge is 0.255 e. The number of carbonyl (C=O) groups excluding carboxylic acids is 2. The van der Waals surface area contributed by atoms with Gasteiger partial charge in [-0.15, -0.1) is 12.4 Å². The fraction of sp³-hybridized carbons (Fsp3) is 0.333. The van der Waals surface area contributed by atoms with Crippen LogP contribution in [0.25, 0.3) is 0 Å². The Kier molecular flexibility index (Phi) is 9.99. The van der Waals surface area contributed by atoms with Crippen molar-refractivity contribution in [3.05, 3.63) is 53.6 Å². The normalized spacial score (nSPS) is 10.1. The predicted molar refractivity (Wildman–Crippen MR) is 116 cm³/mol. The standard InChI is InChI=1S/C21H27N3O4.ClH/c1-14(2)13-28-18-9-8-15(12-19(18)27-3)20(25)24-17-7-5-4-6-16(17)21(26)23-11-10-22;/h4-9,12,14H,10-11,13,22H2,1-3H3,(H,23,26)(H,24,25);1H. The molecule has 0 radical (unpaired) electrons. The van der Waals surface area contributed by atoms with Gasteiger partial charge in [-0.3, -0.25) is 9.59 Å². The average molecular weight is 422 g/mol. The van der Waals surface area contributed by atoms with Crippen LogP contribution >= 0.6 is 12.4 Å². The van der Waals surface area contributed by atoms with Gasteiger partial charge in [-0.25, -0.2) is 0 Å². The van der Waals surface area contributed by atoms with Gasteiger partial charge < -0.3 is 25.8 Å². The van der Waals surface area contributed by atoms with Gasteiger partial charge in [0.15, 0.2) is 11.5 Å². The molecule has 4 N–H and O–H groups in total. The van der Waals surface area contributed by atoms with Crippen LogP contribution in [0.5, 0.6) is 11.5 Å². The first-order valence-corrected chi connectivity index (χ1v) is 9.15. The maximum absolute atomic E-state index is 12.7. The molecule has 2 rings (SSSR count). The van der Waals surface area contributed by atoms with Crippen LogP contribution in [-0.2, 0) is 0 Å². The summed E-state index contributed by atoms with van der Waals surface area (Å²) in [5, 5.41) is 5.48. The van der Waals surface area contributed by atoms with Crippen LogP contribution < -0.4 is 25.8 Å². The maximum Gasteiger partial charge on any atom is 0.255 e. The highest BCUT2D eigenvalue weighted by atomic mass is 35.5. The van der Waals surface area contributed by atoms with E-state index >= 15 is 0 Å². The maximum atomic E-state index is 12.7. The molecule has 0 bridgehead atoms. The Bertz CT molecular complexity index is 827. The Hall–Kier alpha value is -2.77. The second kappa shape index (κ2) is 11.9. The third-order valence-electron chi connectivity index (χ3n) is 3.85. The molecule has 0 spiro atoms. The van der Waals surface area contributed by atoms with Crippen LogP contribution in [0, 0.1) is 5.92 Å². The number of amides is 2. The Morgan fingerprint density at radius 2 is 1.79 bits per heavy atom. The van der Waals surface area contributed by atoms with Gasteiger partial charge in [0.05, 0.1) is 25.0 Å². The van der Waals surface area contributed by atoms with Crippen molar-refractivity contribution in [2.75, 3.05) is 32.1 Å². The molecule has 7 nitrogen and oxygen atoms in total. The SMILES string of the molecule is COc1cc(C(=O)Nc2ccccc2C(=O)NCCN)ccc1OCC(C)C.Cl. The third-order valence-corrected chi connectivity index (χ3v) is 3.85. The number of nitrogens with one attached hydrogen (secondary N) is 2. The Morgan fingerprint density at radius 3 is 2.45 bits per heavy atom. The number of carbonyl (C=O) groups is 2. The minimum absolute atomic E-state index is 0. The molecule has 2 aromatic rings. The molecule has 0 aliphatic heterocycles. The lowest BCUT2D eigenvalue weighted by Crippen LogP contribution is -2.30. The van der Waals surface area contributed by atoms with E-state index < -0.39 is 0 Å². The van der Waals surface area contributed by atoms with Gasteiger partial charge in [0.2, 0.25) is 0 Å². The lowest BCUT2D eigenvalue weighted by Gasteiger charge is -2.14. The molecule has 158 valence electrons. The summed E-state index contributed by atoms with van der Waals surface area (Å²) in [6.45, 7) is 5.35. The number of ether oxygens (including phenoxy) is 2. The Morgan fingerprint density at radius 1 is 1.07 bits per heavy atom. The summed E-state index contributed by atoms with van der Waals surface area (Å²) < 4.78 is 11.1. The zero-order valence-corrected chi connectivity index (χ0v) is 17.7. The molecule has 2 amide bonds. The van der Waals surface area contributed by atoms with Gasteiger partial charge in [-0.2, -0.15) is 0 Å². The fourth-order valence-corrected chi connectivity index (χ4v) is 2.45. The van der Waals surface area contributed by atoms with Crippen molar-refractivity contribution in [1.82, 2.24) is 5.32 Å². The van der Waals surface area contributed by atoms with Crippen LogP contribution in [0.3, 0.4) is 0 Å². The molecular weight excluding hydrogens is 394 g/mol. The van der Waals surface area contributed by atoms with Crippen molar-refractivity contribution in [3.8, 4) is 11.5 Å². The molecule has 0 aromatic heterocycles. The van der Waals surface area contributed by atoms with E-state index in [0.29, 0.717) is 53.9 Å². The summed E-state index contributed by atoms with van der Waals surface area (Å²) in [5.41, 5.74) is 6.60. The van der Waals surface area contributed by atoms with Crippen molar-refractivity contribution in [3.63, 3.8) is 0 Å². The number of halogens is 1. The molecule has 0 fully saturated rings. The van der Waals surface area contributed by atoms with Crippen LogP contribution in [0.2, 0.25) is 0 Å².